The van der Waals surface area contributed by atoms with Crippen molar-refractivity contribution in [1.29, 1.82) is 0 Å². The van der Waals surface area contributed by atoms with Crippen molar-refractivity contribution in [3.8, 4) is 0 Å². The molecule has 0 spiro atoms. The zero-order chi connectivity index (χ0) is 23.5. The van der Waals surface area contributed by atoms with E-state index in [-0.39, 0.29) is 12.2 Å². The van der Waals surface area contributed by atoms with Crippen LogP contribution in [-0.2, 0) is 9.53 Å². The highest BCUT2D eigenvalue weighted by Crippen LogP contribution is 2.30. The number of rotatable bonds is 6. The van der Waals surface area contributed by atoms with Crippen LogP contribution >= 0.6 is 11.3 Å². The van der Waals surface area contributed by atoms with Crippen LogP contribution < -0.4 is 19.8 Å². The predicted octanol–water partition coefficient (Wildman–Crippen LogP) is 3.03. The van der Waals surface area contributed by atoms with Gasteiger partial charge in [0.05, 0.1) is 21.8 Å². The summed E-state index contributed by atoms with van der Waals surface area (Å²) < 4.78 is 7.49. The summed E-state index contributed by atoms with van der Waals surface area (Å²) in [7, 11) is 3.97. The van der Waals surface area contributed by atoms with Crippen LogP contribution in [-0.4, -0.2) is 31.2 Å². The summed E-state index contributed by atoms with van der Waals surface area (Å²) in [6, 6.07) is 16.8. The molecular formula is C26H25N3O3S. The van der Waals surface area contributed by atoms with Gasteiger partial charge in [0.2, 0.25) is 0 Å². The molecule has 0 saturated carbocycles. The van der Waals surface area contributed by atoms with Crippen LogP contribution in [0.25, 0.3) is 6.08 Å². The second kappa shape index (κ2) is 9.42. The average molecular weight is 460 g/mol. The molecule has 0 saturated heterocycles. The Bertz CT molecular complexity index is 1400. The second-order valence-electron chi connectivity index (χ2n) is 7.87. The molecule has 1 aliphatic heterocycles. The molecule has 2 aromatic carbocycles. The summed E-state index contributed by atoms with van der Waals surface area (Å²) in [5.41, 5.74) is 3.53. The molecule has 0 amide bonds. The van der Waals surface area contributed by atoms with E-state index in [4.69, 9.17) is 4.74 Å². The first-order valence-corrected chi connectivity index (χ1v) is 11.3. The SMILES string of the molecule is C=CCOC(=O)C1=C(C)N=c2s/c(=C/c3ccc(N(C)C)cc3)c(=O)n2C1c1ccccc1. The smallest absolute Gasteiger partial charge is 0.338 e. The average Bonchev–Trinajstić information content (AvgIpc) is 3.11. The Morgan fingerprint density at radius 1 is 1.18 bits per heavy atom. The monoisotopic (exact) mass is 459 g/mol. The maximum atomic E-state index is 13.5. The van der Waals surface area contributed by atoms with E-state index in [0.29, 0.717) is 20.6 Å². The highest BCUT2D eigenvalue weighted by atomic mass is 32.1. The molecular weight excluding hydrogens is 434 g/mol. The summed E-state index contributed by atoms with van der Waals surface area (Å²) in [4.78, 5) is 33.7. The maximum Gasteiger partial charge on any atom is 0.338 e. The first-order valence-electron chi connectivity index (χ1n) is 10.5. The van der Waals surface area contributed by atoms with Gasteiger partial charge in [-0.25, -0.2) is 9.79 Å². The van der Waals surface area contributed by atoms with Gasteiger partial charge >= 0.3 is 5.97 Å². The number of fused-ring (bicyclic) bond motifs is 1. The molecule has 0 bridgehead atoms. The van der Waals surface area contributed by atoms with Gasteiger partial charge in [-0.05, 0) is 36.3 Å². The maximum absolute atomic E-state index is 13.5. The molecule has 0 aliphatic carbocycles. The van der Waals surface area contributed by atoms with Crippen molar-refractivity contribution < 1.29 is 9.53 Å². The molecule has 0 radical (unpaired) electrons. The van der Waals surface area contributed by atoms with E-state index >= 15 is 0 Å². The van der Waals surface area contributed by atoms with Gasteiger partial charge in [-0.1, -0.05) is 66.5 Å². The van der Waals surface area contributed by atoms with Gasteiger partial charge in [-0.15, -0.1) is 0 Å². The predicted molar refractivity (Wildman–Crippen MR) is 132 cm³/mol. The van der Waals surface area contributed by atoms with E-state index in [1.165, 1.54) is 17.4 Å². The Morgan fingerprint density at radius 3 is 2.52 bits per heavy atom. The van der Waals surface area contributed by atoms with Crippen molar-refractivity contribution in [3.05, 3.63) is 109 Å². The van der Waals surface area contributed by atoms with Crippen LogP contribution in [0.5, 0.6) is 0 Å². The van der Waals surface area contributed by atoms with Gasteiger partial charge in [0.25, 0.3) is 5.56 Å². The molecule has 0 N–H and O–H groups in total. The Balaban J connectivity index is 1.87. The quantitative estimate of drug-likeness (QED) is 0.420. The highest BCUT2D eigenvalue weighted by Gasteiger charge is 2.33. The Kier molecular flexibility index (Phi) is 6.42. The van der Waals surface area contributed by atoms with Crippen molar-refractivity contribution in [3.63, 3.8) is 0 Å². The third-order valence-corrected chi connectivity index (χ3v) is 6.38. The summed E-state index contributed by atoms with van der Waals surface area (Å²) in [6.07, 6.45) is 3.38. The topological polar surface area (TPSA) is 63.9 Å². The third-order valence-electron chi connectivity index (χ3n) is 5.40. The Labute approximate surface area is 196 Å². The molecule has 6 nitrogen and oxygen atoms in total. The molecule has 1 aromatic heterocycles. The number of hydrogen-bond donors (Lipinski definition) is 0. The minimum atomic E-state index is -0.613. The molecule has 1 atom stereocenters. The number of allylic oxidation sites excluding steroid dienone is 1. The van der Waals surface area contributed by atoms with Crippen molar-refractivity contribution >= 4 is 29.1 Å². The molecule has 0 fully saturated rings. The standard InChI is InChI=1S/C26H25N3O3S/c1-5-15-32-25(31)22-17(2)27-26-29(23(22)19-9-7-6-8-10-19)24(30)21(33-26)16-18-11-13-20(14-12-18)28(3)4/h5-14,16,23H,1,15H2,2-4H3/b21-16+. The molecule has 3 aromatic rings. The van der Waals surface area contributed by atoms with Gasteiger partial charge in [-0.2, -0.15) is 0 Å². The number of carbonyl (C=O) groups excluding carboxylic acids is 1. The van der Waals surface area contributed by atoms with E-state index in [2.05, 4.69) is 11.6 Å². The summed E-state index contributed by atoms with van der Waals surface area (Å²) >= 11 is 1.32. The number of hydrogen-bond acceptors (Lipinski definition) is 6. The lowest BCUT2D eigenvalue weighted by atomic mass is 9.96. The van der Waals surface area contributed by atoms with Crippen LogP contribution in [0.1, 0.15) is 24.1 Å². The van der Waals surface area contributed by atoms with Crippen LogP contribution in [0.4, 0.5) is 5.69 Å². The van der Waals surface area contributed by atoms with E-state index in [9.17, 15) is 9.59 Å². The molecule has 4 rings (SSSR count). The number of aromatic nitrogens is 1. The first kappa shape index (κ1) is 22.5. The zero-order valence-electron chi connectivity index (χ0n) is 18.8. The van der Waals surface area contributed by atoms with E-state index in [1.807, 2.05) is 79.7 Å². The third kappa shape index (κ3) is 4.45. The minimum absolute atomic E-state index is 0.0878. The lowest BCUT2D eigenvalue weighted by molar-refractivity contribution is -0.138. The van der Waals surface area contributed by atoms with Gasteiger partial charge in [0.15, 0.2) is 4.80 Å². The van der Waals surface area contributed by atoms with Crippen LogP contribution in [0.2, 0.25) is 0 Å². The Morgan fingerprint density at radius 2 is 1.88 bits per heavy atom. The van der Waals surface area contributed by atoms with E-state index in [1.54, 1.807) is 11.5 Å². The van der Waals surface area contributed by atoms with Gasteiger partial charge in [-0.3, -0.25) is 9.36 Å². The zero-order valence-corrected chi connectivity index (χ0v) is 19.6. The minimum Gasteiger partial charge on any atom is -0.458 e. The molecule has 33 heavy (non-hydrogen) atoms. The fraction of sp³-hybridized carbons (Fsp3) is 0.192. The van der Waals surface area contributed by atoms with Crippen LogP contribution in [0.3, 0.4) is 0 Å². The lowest BCUT2D eigenvalue weighted by Gasteiger charge is -2.24. The number of carbonyl (C=O) groups is 1. The summed E-state index contributed by atoms with van der Waals surface area (Å²) in [5.74, 6) is -0.501. The largest absolute Gasteiger partial charge is 0.458 e. The van der Waals surface area contributed by atoms with Gasteiger partial charge in [0.1, 0.15) is 6.61 Å². The normalized spacial score (nSPS) is 15.6. The lowest BCUT2D eigenvalue weighted by Crippen LogP contribution is -2.39. The number of thiazole rings is 1. The van der Waals surface area contributed by atoms with Crippen LogP contribution in [0.15, 0.2) is 88.3 Å². The first-order chi connectivity index (χ1) is 15.9. The fourth-order valence-corrected chi connectivity index (χ4v) is 4.81. The fourth-order valence-electron chi connectivity index (χ4n) is 3.77. The number of nitrogens with zero attached hydrogens (tertiary/aromatic N) is 3. The number of anilines is 1. The summed E-state index contributed by atoms with van der Waals surface area (Å²) in [5, 5.41) is 0. The highest BCUT2D eigenvalue weighted by molar-refractivity contribution is 7.07. The van der Waals surface area contributed by atoms with Gasteiger partial charge in [0, 0.05) is 19.8 Å². The second-order valence-corrected chi connectivity index (χ2v) is 8.87. The van der Waals surface area contributed by atoms with Crippen molar-refractivity contribution in [2.24, 2.45) is 4.99 Å². The summed E-state index contributed by atoms with van der Waals surface area (Å²) in [6.45, 7) is 5.47. The van der Waals surface area contributed by atoms with Crippen LogP contribution in [0, 0.1) is 0 Å². The van der Waals surface area contributed by atoms with Crippen molar-refractivity contribution in [2.75, 3.05) is 25.6 Å². The Hall–Kier alpha value is -3.71. The number of ether oxygens (including phenoxy) is 1. The molecule has 168 valence electrons. The molecule has 1 aliphatic rings. The number of benzene rings is 2. The van der Waals surface area contributed by atoms with E-state index in [0.717, 1.165) is 16.8 Å². The molecule has 1 unspecified atom stereocenters. The number of esters is 1. The van der Waals surface area contributed by atoms with Crippen molar-refractivity contribution in [1.82, 2.24) is 4.57 Å². The van der Waals surface area contributed by atoms with Crippen molar-refractivity contribution in [2.45, 2.75) is 13.0 Å². The molecule has 7 heteroatoms. The van der Waals surface area contributed by atoms with E-state index < -0.39 is 12.0 Å². The molecule has 2 heterocycles. The van der Waals surface area contributed by atoms with Gasteiger partial charge < -0.3 is 9.64 Å².